The molecule has 5 nitrogen and oxygen atoms in total. The highest BCUT2D eigenvalue weighted by molar-refractivity contribution is 7.98. The number of carbonyl (C=O) groups is 1. The van der Waals surface area contributed by atoms with E-state index in [1.165, 1.54) is 0 Å². The van der Waals surface area contributed by atoms with Crippen LogP contribution < -0.4 is 5.43 Å². The van der Waals surface area contributed by atoms with E-state index in [2.05, 4.69) is 20.5 Å². The largest absolute Gasteiger partial charge is 0.271 e. The van der Waals surface area contributed by atoms with Crippen LogP contribution in [0.3, 0.4) is 0 Å². The van der Waals surface area contributed by atoms with Crippen LogP contribution in [-0.2, 0) is 5.75 Å². The van der Waals surface area contributed by atoms with Gasteiger partial charge in [0.25, 0.3) is 5.91 Å². The van der Waals surface area contributed by atoms with Crippen LogP contribution in [0.1, 0.15) is 39.8 Å². The lowest BCUT2D eigenvalue weighted by molar-refractivity contribution is 0.0955. The average Bonchev–Trinajstić information content (AvgIpc) is 2.72. The summed E-state index contributed by atoms with van der Waals surface area (Å²) in [5, 5.41) is 4.81. The highest BCUT2D eigenvalue weighted by atomic mass is 32.2. The second-order valence-corrected chi connectivity index (χ2v) is 7.86. The fourth-order valence-electron chi connectivity index (χ4n) is 2.77. The number of amides is 1. The van der Waals surface area contributed by atoms with Gasteiger partial charge in [-0.05, 0) is 55.7 Å². The summed E-state index contributed by atoms with van der Waals surface area (Å²) in [6, 6.07) is 19.4. The number of hydrazone groups is 1. The quantitative estimate of drug-likeness (QED) is 0.249. The summed E-state index contributed by atoms with van der Waals surface area (Å²) >= 11 is 1.58. The van der Waals surface area contributed by atoms with E-state index in [4.69, 9.17) is 0 Å². The summed E-state index contributed by atoms with van der Waals surface area (Å²) < 4.78 is 0. The number of nitrogens with zero attached hydrogens (tertiary/aromatic N) is 3. The first kappa shape index (κ1) is 21.5. The van der Waals surface area contributed by atoms with Crippen LogP contribution in [-0.4, -0.2) is 22.1 Å². The number of hydrogen-bond donors (Lipinski definition) is 1. The molecule has 0 aliphatic rings. The molecule has 2 aromatic carbocycles. The Labute approximate surface area is 181 Å². The monoisotopic (exact) mass is 416 g/mol. The lowest BCUT2D eigenvalue weighted by Crippen LogP contribution is -2.17. The minimum atomic E-state index is -0.240. The lowest BCUT2D eigenvalue weighted by atomic mass is 10.1. The Morgan fingerprint density at radius 2 is 1.70 bits per heavy atom. The zero-order valence-electron chi connectivity index (χ0n) is 17.3. The van der Waals surface area contributed by atoms with Gasteiger partial charge in [-0.15, -0.1) is 0 Å². The van der Waals surface area contributed by atoms with Gasteiger partial charge in [-0.1, -0.05) is 60.3 Å². The Kier molecular flexibility index (Phi) is 7.51. The minimum absolute atomic E-state index is 0.240. The number of benzene rings is 2. The third-order valence-electron chi connectivity index (χ3n) is 4.17. The predicted molar refractivity (Wildman–Crippen MR) is 124 cm³/mol. The van der Waals surface area contributed by atoms with Gasteiger partial charge in [0.1, 0.15) is 0 Å². The van der Waals surface area contributed by atoms with Gasteiger partial charge in [-0.3, -0.25) is 4.79 Å². The Bertz CT molecular complexity index is 1040. The summed E-state index contributed by atoms with van der Waals surface area (Å²) in [6.07, 6.45) is 3.64. The third kappa shape index (κ3) is 6.67. The zero-order valence-corrected chi connectivity index (χ0v) is 18.1. The van der Waals surface area contributed by atoms with Crippen LogP contribution in [0.4, 0.5) is 0 Å². The van der Waals surface area contributed by atoms with Crippen molar-refractivity contribution >= 4 is 30.0 Å². The first-order valence-corrected chi connectivity index (χ1v) is 10.6. The number of carbonyl (C=O) groups excluding carboxylic acids is 1. The second kappa shape index (κ2) is 10.5. The van der Waals surface area contributed by atoms with Gasteiger partial charge in [0.05, 0.1) is 6.21 Å². The molecule has 3 rings (SSSR count). The molecule has 1 amide bonds. The molecule has 30 heavy (non-hydrogen) atoms. The molecular formula is C24H24N4OS. The van der Waals surface area contributed by atoms with Crippen molar-refractivity contribution < 1.29 is 4.79 Å². The van der Waals surface area contributed by atoms with Crippen molar-refractivity contribution in [3.63, 3.8) is 0 Å². The van der Waals surface area contributed by atoms with Crippen LogP contribution >= 0.6 is 11.8 Å². The molecule has 0 aliphatic carbocycles. The number of aryl methyl sites for hydroxylation is 2. The number of nitrogens with one attached hydrogen (secondary N) is 1. The molecule has 0 bridgehead atoms. The lowest BCUT2D eigenvalue weighted by Gasteiger charge is -2.05. The minimum Gasteiger partial charge on any atom is -0.267 e. The fraction of sp³-hybridized carbons (Fsp3) is 0.167. The first-order chi connectivity index (χ1) is 14.5. The van der Waals surface area contributed by atoms with Crippen molar-refractivity contribution in [3.05, 3.63) is 94.3 Å². The Morgan fingerprint density at radius 1 is 1.03 bits per heavy atom. The molecule has 152 valence electrons. The van der Waals surface area contributed by atoms with Crippen LogP contribution in [0.2, 0.25) is 0 Å². The second-order valence-electron chi connectivity index (χ2n) is 6.92. The topological polar surface area (TPSA) is 67.2 Å². The number of allylic oxidation sites excluding steroid dienone is 1. The number of hydrogen-bond acceptors (Lipinski definition) is 5. The maximum Gasteiger partial charge on any atom is 0.271 e. The van der Waals surface area contributed by atoms with Crippen LogP contribution in [0, 0.1) is 13.8 Å². The summed E-state index contributed by atoms with van der Waals surface area (Å²) in [6.45, 7) is 5.87. The van der Waals surface area contributed by atoms with Crippen molar-refractivity contribution in [1.29, 1.82) is 0 Å². The Hall–Kier alpha value is -3.25. The highest BCUT2D eigenvalue weighted by Crippen LogP contribution is 2.20. The predicted octanol–water partition coefficient (Wildman–Crippen LogP) is 5.20. The number of rotatable bonds is 7. The fourth-order valence-corrected chi connectivity index (χ4v) is 3.67. The molecule has 1 aromatic heterocycles. The number of thioether (sulfide) groups is 1. The van der Waals surface area contributed by atoms with E-state index in [1.807, 2.05) is 75.4 Å². The molecule has 0 fully saturated rings. The third-order valence-corrected chi connectivity index (χ3v) is 5.09. The maximum absolute atomic E-state index is 12.3. The van der Waals surface area contributed by atoms with Crippen LogP contribution in [0.15, 0.2) is 76.5 Å². The van der Waals surface area contributed by atoms with E-state index < -0.39 is 0 Å². The number of aromatic nitrogens is 2. The van der Waals surface area contributed by atoms with Crippen molar-refractivity contribution in [2.24, 2.45) is 5.10 Å². The van der Waals surface area contributed by atoms with Gasteiger partial charge in [-0.25, -0.2) is 15.4 Å². The molecular weight excluding hydrogens is 392 g/mol. The van der Waals surface area contributed by atoms with Gasteiger partial charge in [0, 0.05) is 22.7 Å². The van der Waals surface area contributed by atoms with Gasteiger partial charge in [0.15, 0.2) is 5.16 Å². The van der Waals surface area contributed by atoms with E-state index in [1.54, 1.807) is 30.1 Å². The molecule has 0 unspecified atom stereocenters. The van der Waals surface area contributed by atoms with Gasteiger partial charge < -0.3 is 0 Å². The van der Waals surface area contributed by atoms with Crippen molar-refractivity contribution in [1.82, 2.24) is 15.4 Å². The summed E-state index contributed by atoms with van der Waals surface area (Å²) in [4.78, 5) is 21.2. The van der Waals surface area contributed by atoms with Crippen LogP contribution in [0.5, 0.6) is 0 Å². The molecule has 0 radical (unpaired) electrons. The summed E-state index contributed by atoms with van der Waals surface area (Å²) in [5.74, 6) is 0.502. The standard InChI is InChI=1S/C24H24N4OS/c1-17(13-20-7-5-4-6-8-20)15-25-28-23(29)22-11-9-21(10-12-22)16-30-24-26-18(2)14-19(3)27-24/h4-15H,16H2,1-3H3,(H,28,29)/b17-13+,25-15-. The molecule has 1 N–H and O–H groups in total. The van der Waals surface area contributed by atoms with Crippen LogP contribution in [0.25, 0.3) is 6.08 Å². The molecule has 3 aromatic rings. The highest BCUT2D eigenvalue weighted by Gasteiger charge is 2.05. The zero-order chi connectivity index (χ0) is 21.3. The SMILES string of the molecule is CC(/C=N\NC(=O)c1ccc(CSc2nc(C)cc(C)n2)cc1)=C\c1ccccc1. The Morgan fingerprint density at radius 3 is 2.37 bits per heavy atom. The van der Waals surface area contributed by atoms with E-state index in [9.17, 15) is 4.79 Å². The molecule has 0 aliphatic heterocycles. The summed E-state index contributed by atoms with van der Waals surface area (Å²) in [5.41, 5.74) is 8.20. The maximum atomic E-state index is 12.3. The van der Waals surface area contributed by atoms with Crippen molar-refractivity contribution in [2.75, 3.05) is 0 Å². The molecule has 0 atom stereocenters. The first-order valence-electron chi connectivity index (χ1n) is 9.60. The molecule has 0 spiro atoms. The van der Waals surface area contributed by atoms with Crippen molar-refractivity contribution in [2.45, 2.75) is 31.7 Å². The van der Waals surface area contributed by atoms with Gasteiger partial charge >= 0.3 is 0 Å². The van der Waals surface area contributed by atoms with Gasteiger partial charge in [-0.2, -0.15) is 5.10 Å². The molecule has 0 saturated heterocycles. The molecule has 1 heterocycles. The summed E-state index contributed by atoms with van der Waals surface area (Å²) in [7, 11) is 0. The Balaban J connectivity index is 1.52. The van der Waals surface area contributed by atoms with Crippen molar-refractivity contribution in [3.8, 4) is 0 Å². The smallest absolute Gasteiger partial charge is 0.267 e. The van der Waals surface area contributed by atoms with E-state index in [0.717, 1.165) is 39.0 Å². The molecule has 0 saturated carbocycles. The van der Waals surface area contributed by atoms with E-state index >= 15 is 0 Å². The normalized spacial score (nSPS) is 11.6. The van der Waals surface area contributed by atoms with E-state index in [-0.39, 0.29) is 5.91 Å². The van der Waals surface area contributed by atoms with Gasteiger partial charge in [0.2, 0.25) is 0 Å². The molecule has 6 heteroatoms. The average molecular weight is 417 g/mol. The van der Waals surface area contributed by atoms with E-state index in [0.29, 0.717) is 5.56 Å².